The number of ether oxygens (including phenoxy) is 1. The Hall–Kier alpha value is -2.11. The number of nitrogen functional groups attached to an aromatic ring is 1. The summed E-state index contributed by atoms with van der Waals surface area (Å²) in [7, 11) is 0. The molecule has 21 heavy (non-hydrogen) atoms. The number of hydrogen-bond donors (Lipinski definition) is 1. The summed E-state index contributed by atoms with van der Waals surface area (Å²) < 4.78 is 7.48. The maximum Gasteiger partial charge on any atom is 0.182 e. The zero-order valence-electron chi connectivity index (χ0n) is 12.5. The van der Waals surface area contributed by atoms with E-state index in [1.165, 1.54) is 12.8 Å². The first-order chi connectivity index (χ1) is 10.2. The summed E-state index contributed by atoms with van der Waals surface area (Å²) in [5.41, 5.74) is 7.52. The summed E-state index contributed by atoms with van der Waals surface area (Å²) in [4.78, 5) is 0. The van der Waals surface area contributed by atoms with Crippen LogP contribution in [0.5, 0.6) is 5.75 Å². The van der Waals surface area contributed by atoms with Crippen molar-refractivity contribution in [2.75, 3.05) is 12.3 Å². The molecule has 1 aliphatic carbocycles. The lowest BCUT2D eigenvalue weighted by Gasteiger charge is -2.08. The highest BCUT2D eigenvalue weighted by molar-refractivity contribution is 5.64. The second-order valence-electron chi connectivity index (χ2n) is 5.52. The summed E-state index contributed by atoms with van der Waals surface area (Å²) >= 11 is 0. The SMILES string of the molecule is CCCC1CC1n1nnnc1-c1cc(N)cc(OCC)c1. The van der Waals surface area contributed by atoms with Crippen LogP contribution < -0.4 is 10.5 Å². The molecule has 0 bridgehead atoms. The highest BCUT2D eigenvalue weighted by Crippen LogP contribution is 2.47. The fourth-order valence-corrected chi connectivity index (χ4v) is 2.82. The second kappa shape index (κ2) is 5.71. The van der Waals surface area contributed by atoms with Crippen LogP contribution in [0.4, 0.5) is 5.69 Å². The predicted octanol–water partition coefficient (Wildman–Crippen LogP) is 2.68. The Kier molecular flexibility index (Phi) is 3.77. The van der Waals surface area contributed by atoms with E-state index in [9.17, 15) is 0 Å². The van der Waals surface area contributed by atoms with Crippen molar-refractivity contribution < 1.29 is 4.74 Å². The van der Waals surface area contributed by atoms with E-state index in [1.807, 2.05) is 29.8 Å². The van der Waals surface area contributed by atoms with E-state index in [0.717, 1.165) is 23.6 Å². The summed E-state index contributed by atoms with van der Waals surface area (Å²) in [6, 6.07) is 6.08. The molecule has 112 valence electrons. The third-order valence-corrected chi connectivity index (χ3v) is 3.85. The molecule has 2 aromatic rings. The number of aromatic nitrogens is 4. The zero-order valence-corrected chi connectivity index (χ0v) is 12.5. The van der Waals surface area contributed by atoms with Gasteiger partial charge in [-0.25, -0.2) is 4.68 Å². The molecule has 6 heteroatoms. The van der Waals surface area contributed by atoms with Crippen molar-refractivity contribution in [1.29, 1.82) is 0 Å². The molecule has 1 saturated carbocycles. The zero-order chi connectivity index (χ0) is 14.8. The minimum atomic E-state index is 0.423. The molecule has 2 atom stereocenters. The molecule has 0 saturated heterocycles. The van der Waals surface area contributed by atoms with Crippen molar-refractivity contribution in [3.63, 3.8) is 0 Å². The maximum atomic E-state index is 5.95. The molecule has 0 radical (unpaired) electrons. The highest BCUT2D eigenvalue weighted by Gasteiger charge is 2.40. The van der Waals surface area contributed by atoms with Crippen molar-refractivity contribution in [1.82, 2.24) is 20.2 Å². The molecular weight excluding hydrogens is 266 g/mol. The van der Waals surface area contributed by atoms with Crippen LogP contribution in [0.1, 0.15) is 39.2 Å². The minimum absolute atomic E-state index is 0.423. The average molecular weight is 287 g/mol. The Morgan fingerprint density at radius 2 is 2.19 bits per heavy atom. The lowest BCUT2D eigenvalue weighted by atomic mass is 10.1. The van der Waals surface area contributed by atoms with E-state index in [0.29, 0.717) is 24.3 Å². The third-order valence-electron chi connectivity index (χ3n) is 3.85. The molecule has 0 aliphatic heterocycles. The normalized spacial score (nSPS) is 20.5. The van der Waals surface area contributed by atoms with Crippen LogP contribution in [0.25, 0.3) is 11.4 Å². The van der Waals surface area contributed by atoms with Crippen molar-refractivity contribution in [2.45, 2.75) is 39.2 Å². The van der Waals surface area contributed by atoms with Crippen LogP contribution in [0.3, 0.4) is 0 Å². The highest BCUT2D eigenvalue weighted by atomic mass is 16.5. The first-order valence-corrected chi connectivity index (χ1v) is 7.54. The predicted molar refractivity (Wildman–Crippen MR) is 80.9 cm³/mol. The number of benzene rings is 1. The fraction of sp³-hybridized carbons (Fsp3) is 0.533. The molecule has 0 spiro atoms. The fourth-order valence-electron chi connectivity index (χ4n) is 2.82. The van der Waals surface area contributed by atoms with Gasteiger partial charge >= 0.3 is 0 Å². The number of tetrazole rings is 1. The van der Waals surface area contributed by atoms with Gasteiger partial charge in [-0.3, -0.25) is 0 Å². The van der Waals surface area contributed by atoms with Gasteiger partial charge < -0.3 is 10.5 Å². The molecule has 1 aromatic heterocycles. The van der Waals surface area contributed by atoms with Gasteiger partial charge in [0.25, 0.3) is 0 Å². The molecule has 2 unspecified atom stereocenters. The molecule has 2 N–H and O–H groups in total. The first-order valence-electron chi connectivity index (χ1n) is 7.54. The van der Waals surface area contributed by atoms with Gasteiger partial charge in [0.2, 0.25) is 0 Å². The van der Waals surface area contributed by atoms with E-state index in [-0.39, 0.29) is 0 Å². The number of hydrogen-bond acceptors (Lipinski definition) is 5. The molecule has 1 fully saturated rings. The number of rotatable bonds is 6. The van der Waals surface area contributed by atoms with Crippen molar-refractivity contribution >= 4 is 5.69 Å². The number of anilines is 1. The lowest BCUT2D eigenvalue weighted by molar-refractivity contribution is 0.340. The number of nitrogens with zero attached hydrogens (tertiary/aromatic N) is 4. The van der Waals surface area contributed by atoms with Gasteiger partial charge in [-0.1, -0.05) is 13.3 Å². The Balaban J connectivity index is 1.90. The number of nitrogens with two attached hydrogens (primary N) is 1. The maximum absolute atomic E-state index is 5.95. The smallest absolute Gasteiger partial charge is 0.182 e. The van der Waals surface area contributed by atoms with Crippen LogP contribution in [-0.2, 0) is 0 Å². The van der Waals surface area contributed by atoms with E-state index in [4.69, 9.17) is 10.5 Å². The summed E-state index contributed by atoms with van der Waals surface area (Å²) in [6.45, 7) is 4.77. The second-order valence-corrected chi connectivity index (χ2v) is 5.52. The third kappa shape index (κ3) is 2.84. The molecular formula is C15H21N5O. The monoisotopic (exact) mass is 287 g/mol. The molecule has 3 rings (SSSR count). The van der Waals surface area contributed by atoms with E-state index in [1.54, 1.807) is 0 Å². The molecule has 6 nitrogen and oxygen atoms in total. The Morgan fingerprint density at radius 3 is 2.95 bits per heavy atom. The van der Waals surface area contributed by atoms with Crippen LogP contribution in [0, 0.1) is 5.92 Å². The van der Waals surface area contributed by atoms with Gasteiger partial charge in [-0.15, -0.1) is 5.10 Å². The first kappa shape index (κ1) is 13.9. The van der Waals surface area contributed by atoms with Gasteiger partial charge in [0.15, 0.2) is 5.82 Å². The van der Waals surface area contributed by atoms with Gasteiger partial charge in [0.1, 0.15) is 5.75 Å². The average Bonchev–Trinajstić information content (AvgIpc) is 3.03. The summed E-state index contributed by atoms with van der Waals surface area (Å²) in [6.07, 6.45) is 3.59. The largest absolute Gasteiger partial charge is 0.494 e. The Bertz CT molecular complexity index is 624. The van der Waals surface area contributed by atoms with Crippen LogP contribution >= 0.6 is 0 Å². The van der Waals surface area contributed by atoms with E-state index in [2.05, 4.69) is 22.4 Å². The minimum Gasteiger partial charge on any atom is -0.494 e. The van der Waals surface area contributed by atoms with Crippen LogP contribution in [0.2, 0.25) is 0 Å². The Morgan fingerprint density at radius 1 is 1.33 bits per heavy atom. The van der Waals surface area contributed by atoms with Crippen molar-refractivity contribution in [2.24, 2.45) is 5.92 Å². The van der Waals surface area contributed by atoms with Gasteiger partial charge in [-0.05, 0) is 48.2 Å². The molecule has 0 amide bonds. The van der Waals surface area contributed by atoms with Crippen molar-refractivity contribution in [3.8, 4) is 17.1 Å². The van der Waals surface area contributed by atoms with Gasteiger partial charge in [0.05, 0.1) is 12.6 Å². The van der Waals surface area contributed by atoms with E-state index >= 15 is 0 Å². The van der Waals surface area contributed by atoms with Gasteiger partial charge in [0, 0.05) is 17.3 Å². The molecule has 1 aliphatic rings. The van der Waals surface area contributed by atoms with E-state index < -0.39 is 0 Å². The quantitative estimate of drug-likeness (QED) is 0.826. The molecule has 1 heterocycles. The topological polar surface area (TPSA) is 78.9 Å². The Labute approximate surface area is 124 Å². The molecule has 1 aromatic carbocycles. The summed E-state index contributed by atoms with van der Waals surface area (Å²) in [5, 5.41) is 12.2. The van der Waals surface area contributed by atoms with Crippen molar-refractivity contribution in [3.05, 3.63) is 18.2 Å². The standard InChI is InChI=1S/C15H21N5O/c1-3-5-10-8-14(10)20-15(17-18-19-20)11-6-12(16)9-13(7-11)21-4-2/h6-7,9-10,14H,3-5,8,16H2,1-2H3. The van der Waals surface area contributed by atoms with Crippen LogP contribution in [-0.4, -0.2) is 26.8 Å². The van der Waals surface area contributed by atoms with Gasteiger partial charge in [-0.2, -0.15) is 0 Å². The summed E-state index contributed by atoms with van der Waals surface area (Å²) in [5.74, 6) is 2.22. The van der Waals surface area contributed by atoms with Crippen LogP contribution in [0.15, 0.2) is 18.2 Å². The lowest BCUT2D eigenvalue weighted by Crippen LogP contribution is -2.03.